The minimum atomic E-state index is -2.55. The summed E-state index contributed by atoms with van der Waals surface area (Å²) in [5.74, 6) is -4.06. The Bertz CT molecular complexity index is 320. The Hall–Kier alpha value is -1.53. The summed E-state index contributed by atoms with van der Waals surface area (Å²) in [6.07, 6.45) is -0.986. The molecule has 1 fully saturated rings. The van der Waals surface area contributed by atoms with E-state index in [-0.39, 0.29) is 0 Å². The third-order valence-corrected chi connectivity index (χ3v) is 2.10. The zero-order valence-corrected chi connectivity index (χ0v) is 8.34. The Balaban J connectivity index is 2.40. The number of nitrogens with zero attached hydrogens (tertiary/aromatic N) is 1. The number of ether oxygens (including phenoxy) is 1. The number of rotatable bonds is 2. The summed E-state index contributed by atoms with van der Waals surface area (Å²) in [5.41, 5.74) is 0. The second-order valence-electron chi connectivity index (χ2n) is 3.24. The van der Waals surface area contributed by atoms with Crippen molar-refractivity contribution in [3.63, 3.8) is 0 Å². The van der Waals surface area contributed by atoms with Crippen molar-refractivity contribution in [2.75, 3.05) is 19.7 Å². The van der Waals surface area contributed by atoms with Crippen LogP contribution in [0.3, 0.4) is 0 Å². The first-order chi connectivity index (χ1) is 7.52. The minimum Gasteiger partial charge on any atom is -0.451 e. The van der Waals surface area contributed by atoms with Gasteiger partial charge in [-0.2, -0.15) is 8.78 Å². The van der Waals surface area contributed by atoms with Gasteiger partial charge in [-0.15, -0.1) is 0 Å². The van der Waals surface area contributed by atoms with E-state index in [0.717, 1.165) is 12.8 Å². The first kappa shape index (κ1) is 12.5. The monoisotopic (exact) mass is 237 g/mol. The molecule has 0 saturated carbocycles. The highest BCUT2D eigenvalue weighted by Gasteiger charge is 2.26. The fourth-order valence-corrected chi connectivity index (χ4v) is 1.29. The number of esters is 1. The van der Waals surface area contributed by atoms with Gasteiger partial charge in [-0.05, 0) is 12.8 Å². The molecule has 7 heteroatoms. The second kappa shape index (κ2) is 5.53. The third kappa shape index (κ3) is 3.25. The average molecular weight is 237 g/mol. The SMILES string of the molecule is O=C(OCC(F)=C(F)F)C(=O)N1CCCC1. The van der Waals surface area contributed by atoms with E-state index in [0.29, 0.717) is 13.1 Å². The molecule has 0 aliphatic carbocycles. The molecule has 1 aliphatic heterocycles. The molecular formula is C9H10F3NO3. The summed E-state index contributed by atoms with van der Waals surface area (Å²) in [7, 11) is 0. The highest BCUT2D eigenvalue weighted by atomic mass is 19.3. The predicted octanol–water partition coefficient (Wildman–Crippen LogP) is 1.23. The summed E-state index contributed by atoms with van der Waals surface area (Å²) < 4.78 is 39.5. The van der Waals surface area contributed by atoms with Crippen LogP contribution < -0.4 is 0 Å². The minimum absolute atomic E-state index is 0.434. The van der Waals surface area contributed by atoms with Crippen molar-refractivity contribution in [1.82, 2.24) is 4.90 Å². The van der Waals surface area contributed by atoms with Crippen LogP contribution in [0, 0.1) is 0 Å². The van der Waals surface area contributed by atoms with Crippen molar-refractivity contribution in [1.29, 1.82) is 0 Å². The van der Waals surface area contributed by atoms with Crippen LogP contribution in [0.4, 0.5) is 13.2 Å². The van der Waals surface area contributed by atoms with Crippen molar-refractivity contribution < 1.29 is 27.5 Å². The van der Waals surface area contributed by atoms with Gasteiger partial charge in [0.05, 0.1) is 0 Å². The smallest absolute Gasteiger partial charge is 0.397 e. The molecule has 1 rings (SSSR count). The lowest BCUT2D eigenvalue weighted by molar-refractivity contribution is -0.159. The number of hydrogen-bond donors (Lipinski definition) is 0. The van der Waals surface area contributed by atoms with Gasteiger partial charge in [0, 0.05) is 13.1 Å². The summed E-state index contributed by atoms with van der Waals surface area (Å²) in [6.45, 7) is -0.339. The largest absolute Gasteiger partial charge is 0.451 e. The van der Waals surface area contributed by atoms with Gasteiger partial charge < -0.3 is 9.64 Å². The lowest BCUT2D eigenvalue weighted by Gasteiger charge is -2.13. The van der Waals surface area contributed by atoms with Crippen molar-refractivity contribution in [2.24, 2.45) is 0 Å². The van der Waals surface area contributed by atoms with Gasteiger partial charge in [-0.25, -0.2) is 9.18 Å². The van der Waals surface area contributed by atoms with E-state index in [1.807, 2.05) is 0 Å². The number of halogens is 3. The fourth-order valence-electron chi connectivity index (χ4n) is 1.29. The molecule has 0 aromatic heterocycles. The molecule has 0 radical (unpaired) electrons. The molecule has 4 nitrogen and oxygen atoms in total. The van der Waals surface area contributed by atoms with Crippen LogP contribution in [0.2, 0.25) is 0 Å². The number of carbonyl (C=O) groups excluding carboxylic acids is 2. The van der Waals surface area contributed by atoms with Crippen LogP contribution >= 0.6 is 0 Å². The maximum atomic E-state index is 12.3. The highest BCUT2D eigenvalue weighted by molar-refractivity contribution is 6.32. The molecule has 0 atom stereocenters. The number of amides is 1. The quantitative estimate of drug-likeness (QED) is 0.536. The van der Waals surface area contributed by atoms with E-state index >= 15 is 0 Å². The zero-order valence-electron chi connectivity index (χ0n) is 8.34. The molecule has 90 valence electrons. The van der Waals surface area contributed by atoms with Gasteiger partial charge in [-0.1, -0.05) is 0 Å². The zero-order chi connectivity index (χ0) is 12.1. The summed E-state index contributed by atoms with van der Waals surface area (Å²) in [4.78, 5) is 23.5. The summed E-state index contributed by atoms with van der Waals surface area (Å²) in [5, 5.41) is 0. The molecule has 0 bridgehead atoms. The summed E-state index contributed by atoms with van der Waals surface area (Å²) >= 11 is 0. The van der Waals surface area contributed by atoms with Crippen LogP contribution in [0.5, 0.6) is 0 Å². The van der Waals surface area contributed by atoms with Gasteiger partial charge in [-0.3, -0.25) is 4.79 Å². The molecule has 1 amide bonds. The van der Waals surface area contributed by atoms with E-state index in [1.165, 1.54) is 4.90 Å². The molecule has 0 aromatic carbocycles. The molecule has 0 N–H and O–H groups in total. The molecule has 16 heavy (non-hydrogen) atoms. The number of likely N-dealkylation sites (tertiary alicyclic amines) is 1. The van der Waals surface area contributed by atoms with Crippen LogP contribution in [-0.4, -0.2) is 36.5 Å². The van der Waals surface area contributed by atoms with Crippen molar-refractivity contribution in [2.45, 2.75) is 12.8 Å². The van der Waals surface area contributed by atoms with E-state index in [2.05, 4.69) is 4.74 Å². The average Bonchev–Trinajstić information content (AvgIpc) is 2.77. The summed E-state index contributed by atoms with van der Waals surface area (Å²) in [6, 6.07) is 0. The number of carbonyl (C=O) groups is 2. The third-order valence-electron chi connectivity index (χ3n) is 2.10. The lowest BCUT2D eigenvalue weighted by atomic mass is 10.4. The molecular weight excluding hydrogens is 227 g/mol. The van der Waals surface area contributed by atoms with E-state index in [9.17, 15) is 22.8 Å². The van der Waals surface area contributed by atoms with Crippen molar-refractivity contribution in [3.05, 3.63) is 11.9 Å². The van der Waals surface area contributed by atoms with Crippen LogP contribution in [-0.2, 0) is 14.3 Å². The van der Waals surface area contributed by atoms with Crippen LogP contribution in [0.1, 0.15) is 12.8 Å². The first-order valence-corrected chi connectivity index (χ1v) is 4.68. The Labute approximate surface area is 89.7 Å². The molecule has 0 spiro atoms. The molecule has 1 aliphatic rings. The molecule has 0 aromatic rings. The van der Waals surface area contributed by atoms with Crippen LogP contribution in [0.25, 0.3) is 0 Å². The Kier molecular flexibility index (Phi) is 4.33. The fraction of sp³-hybridized carbons (Fsp3) is 0.556. The molecule has 1 heterocycles. The molecule has 1 saturated heterocycles. The van der Waals surface area contributed by atoms with E-state index in [1.54, 1.807) is 0 Å². The van der Waals surface area contributed by atoms with Crippen molar-refractivity contribution >= 4 is 11.9 Å². The topological polar surface area (TPSA) is 46.6 Å². The standard InChI is InChI=1S/C9H10F3NO3/c10-6(7(11)12)5-16-9(15)8(14)13-3-1-2-4-13/h1-5H2. The normalized spacial score (nSPS) is 14.8. The highest BCUT2D eigenvalue weighted by Crippen LogP contribution is 2.11. The lowest BCUT2D eigenvalue weighted by Crippen LogP contribution is -2.35. The van der Waals surface area contributed by atoms with Gasteiger partial charge in [0.25, 0.3) is 0 Å². The number of hydrogen-bond acceptors (Lipinski definition) is 3. The van der Waals surface area contributed by atoms with Crippen LogP contribution in [0.15, 0.2) is 11.9 Å². The molecule has 0 unspecified atom stereocenters. The van der Waals surface area contributed by atoms with Gasteiger partial charge >= 0.3 is 18.0 Å². The Morgan fingerprint density at radius 1 is 1.12 bits per heavy atom. The Morgan fingerprint density at radius 2 is 1.69 bits per heavy atom. The Morgan fingerprint density at radius 3 is 2.19 bits per heavy atom. The van der Waals surface area contributed by atoms with E-state index in [4.69, 9.17) is 0 Å². The van der Waals surface area contributed by atoms with Gasteiger partial charge in [0.2, 0.25) is 5.83 Å². The van der Waals surface area contributed by atoms with E-state index < -0.39 is 30.4 Å². The first-order valence-electron chi connectivity index (χ1n) is 4.68. The maximum Gasteiger partial charge on any atom is 0.397 e. The van der Waals surface area contributed by atoms with Crippen molar-refractivity contribution in [3.8, 4) is 0 Å². The maximum absolute atomic E-state index is 12.3. The second-order valence-corrected chi connectivity index (χ2v) is 3.24. The van der Waals surface area contributed by atoms with Gasteiger partial charge in [0.1, 0.15) is 6.61 Å². The van der Waals surface area contributed by atoms with Gasteiger partial charge in [0.15, 0.2) is 0 Å². The predicted molar refractivity (Wildman–Crippen MR) is 47.1 cm³/mol.